The molecule has 0 radical (unpaired) electrons. The molecule has 0 saturated carbocycles. The third-order valence-electron chi connectivity index (χ3n) is 4.63. The standard InChI is InChI=1S/C19H19ClN6S/c20-15-4-1-5-16-17(15)18(24-13-23-16)25-7-9-26(10-8-25)19(27)22-12-14-3-2-6-21-11-14/h1-6,11,13H,7-10,12H2,(H,22,27). The van der Waals surface area contributed by atoms with Crippen LogP contribution in [0.3, 0.4) is 0 Å². The summed E-state index contributed by atoms with van der Waals surface area (Å²) in [5.41, 5.74) is 1.98. The Bertz CT molecular complexity index is 938. The van der Waals surface area contributed by atoms with Crippen LogP contribution in [0.15, 0.2) is 49.1 Å². The van der Waals surface area contributed by atoms with Gasteiger partial charge in [-0.1, -0.05) is 23.7 Å². The van der Waals surface area contributed by atoms with Crippen LogP contribution in [-0.2, 0) is 6.54 Å². The predicted molar refractivity (Wildman–Crippen MR) is 112 cm³/mol. The number of fused-ring (bicyclic) bond motifs is 1. The molecule has 138 valence electrons. The number of nitrogens with one attached hydrogen (secondary N) is 1. The first-order valence-corrected chi connectivity index (χ1v) is 9.57. The molecule has 0 atom stereocenters. The molecule has 0 aliphatic carbocycles. The molecule has 1 N–H and O–H groups in total. The molecule has 1 aliphatic rings. The highest BCUT2D eigenvalue weighted by atomic mass is 35.5. The van der Waals surface area contributed by atoms with Crippen molar-refractivity contribution in [3.63, 3.8) is 0 Å². The van der Waals surface area contributed by atoms with Crippen molar-refractivity contribution < 1.29 is 0 Å². The summed E-state index contributed by atoms with van der Waals surface area (Å²) in [6, 6.07) is 9.71. The summed E-state index contributed by atoms with van der Waals surface area (Å²) in [6.07, 6.45) is 5.21. The lowest BCUT2D eigenvalue weighted by molar-refractivity contribution is 0.379. The minimum atomic E-state index is 0.680. The van der Waals surface area contributed by atoms with Gasteiger partial charge in [-0.2, -0.15) is 0 Å². The van der Waals surface area contributed by atoms with Crippen molar-refractivity contribution in [1.82, 2.24) is 25.2 Å². The van der Waals surface area contributed by atoms with Gasteiger partial charge in [0.1, 0.15) is 12.1 Å². The van der Waals surface area contributed by atoms with Crippen molar-refractivity contribution in [3.05, 3.63) is 59.6 Å². The fraction of sp³-hybridized carbons (Fsp3) is 0.263. The molecule has 0 spiro atoms. The maximum Gasteiger partial charge on any atom is 0.169 e. The number of hydrogen-bond acceptors (Lipinski definition) is 5. The van der Waals surface area contributed by atoms with Gasteiger partial charge >= 0.3 is 0 Å². The van der Waals surface area contributed by atoms with Crippen molar-refractivity contribution >= 4 is 45.7 Å². The Morgan fingerprint density at radius 3 is 2.74 bits per heavy atom. The number of aromatic nitrogens is 3. The van der Waals surface area contributed by atoms with Crippen molar-refractivity contribution in [2.24, 2.45) is 0 Å². The van der Waals surface area contributed by atoms with Crippen LogP contribution in [0.1, 0.15) is 5.56 Å². The van der Waals surface area contributed by atoms with Crippen LogP contribution < -0.4 is 10.2 Å². The number of pyridine rings is 1. The number of piperazine rings is 1. The normalized spacial score (nSPS) is 14.4. The van der Waals surface area contributed by atoms with E-state index in [0.717, 1.165) is 53.6 Å². The largest absolute Gasteiger partial charge is 0.358 e. The molecule has 1 fully saturated rings. The van der Waals surface area contributed by atoms with Gasteiger partial charge in [-0.3, -0.25) is 4.98 Å². The Kier molecular flexibility index (Phi) is 5.31. The van der Waals surface area contributed by atoms with E-state index in [1.807, 2.05) is 36.5 Å². The molecule has 1 saturated heterocycles. The second-order valence-electron chi connectivity index (χ2n) is 6.33. The summed E-state index contributed by atoms with van der Waals surface area (Å²) >= 11 is 12.0. The van der Waals surface area contributed by atoms with Crippen LogP contribution in [0, 0.1) is 0 Å². The zero-order valence-corrected chi connectivity index (χ0v) is 16.2. The van der Waals surface area contributed by atoms with E-state index in [-0.39, 0.29) is 0 Å². The fourth-order valence-corrected chi connectivity index (χ4v) is 3.71. The van der Waals surface area contributed by atoms with Gasteiger partial charge in [0.2, 0.25) is 0 Å². The smallest absolute Gasteiger partial charge is 0.169 e. The molecule has 8 heteroatoms. The number of hydrogen-bond donors (Lipinski definition) is 1. The molecule has 27 heavy (non-hydrogen) atoms. The minimum Gasteiger partial charge on any atom is -0.358 e. The van der Waals surface area contributed by atoms with Gasteiger partial charge in [-0.05, 0) is 36.0 Å². The SMILES string of the molecule is S=C(NCc1cccnc1)N1CCN(c2ncnc3cccc(Cl)c23)CC1. The van der Waals surface area contributed by atoms with Crippen LogP contribution >= 0.6 is 23.8 Å². The molecule has 0 unspecified atom stereocenters. The lowest BCUT2D eigenvalue weighted by Gasteiger charge is -2.37. The number of nitrogens with zero attached hydrogens (tertiary/aromatic N) is 5. The average molecular weight is 399 g/mol. The van der Waals surface area contributed by atoms with Crippen molar-refractivity contribution in [3.8, 4) is 0 Å². The summed E-state index contributed by atoms with van der Waals surface area (Å²) in [7, 11) is 0. The second-order valence-corrected chi connectivity index (χ2v) is 7.12. The molecular formula is C19H19ClN6S. The molecule has 6 nitrogen and oxygen atoms in total. The Morgan fingerprint density at radius 1 is 1.11 bits per heavy atom. The summed E-state index contributed by atoms with van der Waals surface area (Å²) in [5, 5.41) is 5.67. The molecule has 0 amide bonds. The maximum absolute atomic E-state index is 6.41. The Morgan fingerprint density at radius 2 is 1.96 bits per heavy atom. The van der Waals surface area contributed by atoms with E-state index >= 15 is 0 Å². The third kappa shape index (κ3) is 3.94. The highest BCUT2D eigenvalue weighted by molar-refractivity contribution is 7.80. The van der Waals surface area contributed by atoms with Gasteiger partial charge in [0.25, 0.3) is 0 Å². The summed E-state index contributed by atoms with van der Waals surface area (Å²) < 4.78 is 0. The average Bonchev–Trinajstić information content (AvgIpc) is 2.73. The van der Waals surface area contributed by atoms with Gasteiger partial charge in [0, 0.05) is 45.1 Å². The number of benzene rings is 1. The van der Waals surface area contributed by atoms with Crippen molar-refractivity contribution in [2.75, 3.05) is 31.1 Å². The van der Waals surface area contributed by atoms with Crippen LogP contribution in [0.2, 0.25) is 5.02 Å². The first kappa shape index (κ1) is 17.9. The van der Waals surface area contributed by atoms with E-state index in [0.29, 0.717) is 11.6 Å². The van der Waals surface area contributed by atoms with Gasteiger partial charge in [-0.25, -0.2) is 9.97 Å². The van der Waals surface area contributed by atoms with E-state index in [1.54, 1.807) is 12.5 Å². The Balaban J connectivity index is 1.40. The molecule has 1 aliphatic heterocycles. The van der Waals surface area contributed by atoms with E-state index in [1.165, 1.54) is 0 Å². The van der Waals surface area contributed by atoms with Crippen molar-refractivity contribution in [2.45, 2.75) is 6.54 Å². The lowest BCUT2D eigenvalue weighted by atomic mass is 10.2. The van der Waals surface area contributed by atoms with Gasteiger partial charge < -0.3 is 15.1 Å². The van der Waals surface area contributed by atoms with E-state index in [2.05, 4.69) is 30.1 Å². The number of rotatable bonds is 3. The van der Waals surface area contributed by atoms with Crippen LogP contribution in [0.5, 0.6) is 0 Å². The molecule has 1 aromatic carbocycles. The molecule has 0 bridgehead atoms. The Labute approximate surface area is 168 Å². The quantitative estimate of drug-likeness (QED) is 0.681. The van der Waals surface area contributed by atoms with E-state index in [4.69, 9.17) is 23.8 Å². The molecular weight excluding hydrogens is 380 g/mol. The molecule has 2 aromatic heterocycles. The summed E-state index contributed by atoms with van der Waals surface area (Å²) in [6.45, 7) is 3.99. The first-order chi connectivity index (χ1) is 13.2. The fourth-order valence-electron chi connectivity index (χ4n) is 3.21. The molecule has 3 heterocycles. The highest BCUT2D eigenvalue weighted by Crippen LogP contribution is 2.30. The predicted octanol–water partition coefficient (Wildman–Crippen LogP) is 2.87. The number of thiocarbonyl (C=S) groups is 1. The summed E-state index contributed by atoms with van der Waals surface area (Å²) in [4.78, 5) is 17.4. The monoisotopic (exact) mass is 398 g/mol. The van der Waals surface area contributed by atoms with Crippen LogP contribution in [-0.4, -0.2) is 51.1 Å². The van der Waals surface area contributed by atoms with Crippen LogP contribution in [0.25, 0.3) is 10.9 Å². The topological polar surface area (TPSA) is 57.2 Å². The minimum absolute atomic E-state index is 0.680. The third-order valence-corrected chi connectivity index (χ3v) is 5.34. The second kappa shape index (κ2) is 8.02. The molecule has 4 rings (SSSR count). The number of halogens is 1. The van der Waals surface area contributed by atoms with Crippen molar-refractivity contribution in [1.29, 1.82) is 0 Å². The lowest BCUT2D eigenvalue weighted by Crippen LogP contribution is -2.51. The van der Waals surface area contributed by atoms with Gasteiger partial charge in [0.05, 0.1) is 15.9 Å². The van der Waals surface area contributed by atoms with E-state index in [9.17, 15) is 0 Å². The summed E-state index contributed by atoms with van der Waals surface area (Å²) in [5.74, 6) is 0.888. The zero-order chi connectivity index (χ0) is 18.6. The maximum atomic E-state index is 6.41. The molecule has 3 aromatic rings. The van der Waals surface area contributed by atoms with Crippen LogP contribution in [0.4, 0.5) is 5.82 Å². The van der Waals surface area contributed by atoms with Gasteiger partial charge in [-0.15, -0.1) is 0 Å². The zero-order valence-electron chi connectivity index (χ0n) is 14.7. The first-order valence-electron chi connectivity index (χ1n) is 8.78. The highest BCUT2D eigenvalue weighted by Gasteiger charge is 2.22. The van der Waals surface area contributed by atoms with Gasteiger partial charge in [0.15, 0.2) is 5.11 Å². The van der Waals surface area contributed by atoms with E-state index < -0.39 is 0 Å². The number of anilines is 1. The Hall–Kier alpha value is -2.51.